The number of urea groups is 1. The van der Waals surface area contributed by atoms with E-state index in [4.69, 9.17) is 4.74 Å². The van der Waals surface area contributed by atoms with Crippen LogP contribution in [-0.2, 0) is 16.0 Å². The highest BCUT2D eigenvalue weighted by atomic mass is 16.5. The van der Waals surface area contributed by atoms with E-state index in [0.717, 1.165) is 22.2 Å². The number of nitrogens with one attached hydrogen (secondary N) is 3. The van der Waals surface area contributed by atoms with Crippen LogP contribution in [0.5, 0.6) is 0 Å². The number of aryl methyl sites for hydroxylation is 1. The van der Waals surface area contributed by atoms with Crippen molar-refractivity contribution in [3.05, 3.63) is 48.4 Å². The maximum Gasteiger partial charge on any atom is 0.413 e. The standard InChI is InChI=1S/C24H28N6O4/c1-5-26-23(32)29-21-13-18-17(15-10-11-27-16(12-15)6-9-22(31)25-2)7-8-20(19(18)14-28-21)30(3)24(33)34-4/h7-8,10-14H,5-6,9H2,1-4H3,(H,25,31)(H2,26,28,29,32). The second-order valence-corrected chi connectivity index (χ2v) is 7.47. The number of benzene rings is 1. The quantitative estimate of drug-likeness (QED) is 0.493. The van der Waals surface area contributed by atoms with E-state index in [2.05, 4.69) is 25.9 Å². The van der Waals surface area contributed by atoms with Crippen molar-refractivity contribution in [1.29, 1.82) is 0 Å². The summed E-state index contributed by atoms with van der Waals surface area (Å²) < 4.78 is 4.87. The van der Waals surface area contributed by atoms with E-state index in [9.17, 15) is 14.4 Å². The van der Waals surface area contributed by atoms with Crippen LogP contribution in [0.15, 0.2) is 42.7 Å². The van der Waals surface area contributed by atoms with Gasteiger partial charge in [0.25, 0.3) is 0 Å². The molecule has 178 valence electrons. The number of nitrogens with zero attached hydrogens (tertiary/aromatic N) is 3. The summed E-state index contributed by atoms with van der Waals surface area (Å²) in [6.45, 7) is 2.31. The second-order valence-electron chi connectivity index (χ2n) is 7.47. The zero-order valence-corrected chi connectivity index (χ0v) is 19.6. The van der Waals surface area contributed by atoms with Crippen LogP contribution < -0.4 is 20.9 Å². The number of methoxy groups -OCH3 is 1. The number of ether oxygens (including phenoxy) is 1. The van der Waals surface area contributed by atoms with Gasteiger partial charge in [0.15, 0.2) is 0 Å². The van der Waals surface area contributed by atoms with E-state index in [1.165, 1.54) is 12.0 Å². The third kappa shape index (κ3) is 5.58. The fraction of sp³-hybridized carbons (Fsp3) is 0.292. The molecule has 3 rings (SSSR count). The number of carbonyl (C=O) groups is 3. The Morgan fingerprint density at radius 2 is 1.88 bits per heavy atom. The van der Waals surface area contributed by atoms with Crippen LogP contribution in [0.2, 0.25) is 0 Å². The highest BCUT2D eigenvalue weighted by molar-refractivity contribution is 6.08. The molecule has 0 bridgehead atoms. The van der Waals surface area contributed by atoms with E-state index >= 15 is 0 Å². The van der Waals surface area contributed by atoms with Gasteiger partial charge in [0.2, 0.25) is 5.91 Å². The van der Waals surface area contributed by atoms with Crippen molar-refractivity contribution in [2.24, 2.45) is 0 Å². The van der Waals surface area contributed by atoms with E-state index in [1.807, 2.05) is 31.2 Å². The number of amides is 4. The summed E-state index contributed by atoms with van der Waals surface area (Å²) in [7, 11) is 4.54. The average molecular weight is 465 g/mol. The Morgan fingerprint density at radius 1 is 1.09 bits per heavy atom. The summed E-state index contributed by atoms with van der Waals surface area (Å²) >= 11 is 0. The summed E-state index contributed by atoms with van der Waals surface area (Å²) in [4.78, 5) is 46.0. The Kier molecular flexibility index (Phi) is 7.96. The largest absolute Gasteiger partial charge is 0.452 e. The summed E-state index contributed by atoms with van der Waals surface area (Å²) in [6.07, 6.45) is 3.63. The highest BCUT2D eigenvalue weighted by Crippen LogP contribution is 2.36. The van der Waals surface area contributed by atoms with Gasteiger partial charge < -0.3 is 15.4 Å². The molecule has 10 heteroatoms. The smallest absolute Gasteiger partial charge is 0.413 e. The number of rotatable bonds is 7. The van der Waals surface area contributed by atoms with Crippen molar-refractivity contribution in [3.8, 4) is 11.1 Å². The average Bonchev–Trinajstić information content (AvgIpc) is 2.85. The summed E-state index contributed by atoms with van der Waals surface area (Å²) in [5.74, 6) is 0.312. The highest BCUT2D eigenvalue weighted by Gasteiger charge is 2.18. The third-order valence-electron chi connectivity index (χ3n) is 5.28. The zero-order valence-electron chi connectivity index (χ0n) is 19.6. The van der Waals surface area contributed by atoms with Crippen LogP contribution in [0.3, 0.4) is 0 Å². The molecule has 0 radical (unpaired) electrons. The number of fused-ring (bicyclic) bond motifs is 1. The van der Waals surface area contributed by atoms with Gasteiger partial charge in [-0.2, -0.15) is 0 Å². The Labute approximate surface area is 197 Å². The lowest BCUT2D eigenvalue weighted by Crippen LogP contribution is -2.28. The van der Waals surface area contributed by atoms with Gasteiger partial charge in [-0.1, -0.05) is 6.07 Å². The molecule has 10 nitrogen and oxygen atoms in total. The van der Waals surface area contributed by atoms with Crippen molar-refractivity contribution in [1.82, 2.24) is 20.6 Å². The molecule has 3 N–H and O–H groups in total. The summed E-state index contributed by atoms with van der Waals surface area (Å²) in [6, 6.07) is 8.92. The van der Waals surface area contributed by atoms with E-state index in [1.54, 1.807) is 32.6 Å². The van der Waals surface area contributed by atoms with Crippen molar-refractivity contribution in [2.45, 2.75) is 19.8 Å². The SMILES string of the molecule is CCNC(=O)Nc1cc2c(-c3ccnc(CCC(=O)NC)c3)ccc(N(C)C(=O)OC)c2cn1. The minimum absolute atomic E-state index is 0.0556. The molecule has 0 fully saturated rings. The van der Waals surface area contributed by atoms with Crippen molar-refractivity contribution < 1.29 is 19.1 Å². The molecule has 1 aromatic carbocycles. The monoisotopic (exact) mass is 464 g/mol. The van der Waals surface area contributed by atoms with Gasteiger partial charge in [-0.3, -0.25) is 20.0 Å². The molecule has 0 spiro atoms. The van der Waals surface area contributed by atoms with Crippen molar-refractivity contribution in [2.75, 3.05) is 38.0 Å². The van der Waals surface area contributed by atoms with E-state index in [-0.39, 0.29) is 11.9 Å². The number of hydrogen-bond donors (Lipinski definition) is 3. The minimum Gasteiger partial charge on any atom is -0.452 e. The molecule has 0 aliphatic carbocycles. The van der Waals surface area contributed by atoms with Crippen molar-refractivity contribution in [3.63, 3.8) is 0 Å². The van der Waals surface area contributed by atoms with Gasteiger partial charge in [0.05, 0.1) is 12.8 Å². The molecule has 0 aliphatic rings. The van der Waals surface area contributed by atoms with Gasteiger partial charge in [0, 0.05) is 50.5 Å². The zero-order chi connectivity index (χ0) is 24.7. The van der Waals surface area contributed by atoms with Crippen LogP contribution in [-0.4, -0.2) is 55.7 Å². The van der Waals surface area contributed by atoms with Gasteiger partial charge in [-0.15, -0.1) is 0 Å². The maximum atomic E-state index is 12.2. The van der Waals surface area contributed by atoms with Crippen LogP contribution in [0.4, 0.5) is 21.1 Å². The first-order chi connectivity index (χ1) is 16.4. The van der Waals surface area contributed by atoms with Crippen LogP contribution in [0.1, 0.15) is 19.0 Å². The fourth-order valence-corrected chi connectivity index (χ4v) is 3.54. The lowest BCUT2D eigenvalue weighted by Gasteiger charge is -2.20. The number of hydrogen-bond acceptors (Lipinski definition) is 6. The second kappa shape index (κ2) is 11.1. The predicted molar refractivity (Wildman–Crippen MR) is 131 cm³/mol. The first kappa shape index (κ1) is 24.4. The van der Waals surface area contributed by atoms with E-state index in [0.29, 0.717) is 36.3 Å². The molecule has 0 atom stereocenters. The lowest BCUT2D eigenvalue weighted by atomic mass is 9.97. The summed E-state index contributed by atoms with van der Waals surface area (Å²) in [5, 5.41) is 9.49. The van der Waals surface area contributed by atoms with Crippen LogP contribution >= 0.6 is 0 Å². The molecular formula is C24H28N6O4. The lowest BCUT2D eigenvalue weighted by molar-refractivity contribution is -0.120. The molecule has 2 aromatic heterocycles. The molecule has 0 saturated heterocycles. The molecule has 2 heterocycles. The van der Waals surface area contributed by atoms with Gasteiger partial charge in [0.1, 0.15) is 5.82 Å². The van der Waals surface area contributed by atoms with E-state index < -0.39 is 6.09 Å². The number of anilines is 2. The van der Waals surface area contributed by atoms with Gasteiger partial charge in [-0.25, -0.2) is 14.6 Å². The third-order valence-corrected chi connectivity index (χ3v) is 5.28. The summed E-state index contributed by atoms with van der Waals surface area (Å²) in [5.41, 5.74) is 3.13. The Bertz CT molecular complexity index is 1210. The molecule has 4 amide bonds. The minimum atomic E-state index is -0.515. The fourth-order valence-electron chi connectivity index (χ4n) is 3.54. The Morgan fingerprint density at radius 3 is 2.59 bits per heavy atom. The normalized spacial score (nSPS) is 10.5. The first-order valence-electron chi connectivity index (χ1n) is 10.8. The van der Waals surface area contributed by atoms with Gasteiger partial charge >= 0.3 is 12.1 Å². The number of pyridine rings is 2. The molecular weight excluding hydrogens is 436 g/mol. The Balaban J connectivity index is 2.10. The molecule has 34 heavy (non-hydrogen) atoms. The number of aromatic nitrogens is 2. The molecule has 3 aromatic rings. The topological polar surface area (TPSA) is 126 Å². The molecule has 0 saturated carbocycles. The number of carbonyl (C=O) groups excluding carboxylic acids is 3. The van der Waals surface area contributed by atoms with Crippen molar-refractivity contribution >= 4 is 40.3 Å². The first-order valence-corrected chi connectivity index (χ1v) is 10.8. The van der Waals surface area contributed by atoms with Crippen LogP contribution in [0.25, 0.3) is 21.9 Å². The maximum absolute atomic E-state index is 12.2. The molecule has 0 aliphatic heterocycles. The van der Waals surface area contributed by atoms with Crippen LogP contribution in [0, 0.1) is 0 Å². The predicted octanol–water partition coefficient (Wildman–Crippen LogP) is 3.32. The van der Waals surface area contributed by atoms with Gasteiger partial charge in [-0.05, 0) is 54.1 Å². The Hall–Kier alpha value is -4.21. The molecule has 0 unspecified atom stereocenters.